The van der Waals surface area contributed by atoms with E-state index in [9.17, 15) is 14.4 Å². The van der Waals surface area contributed by atoms with Gasteiger partial charge in [-0.25, -0.2) is 4.79 Å². The first-order valence-electron chi connectivity index (χ1n) is 9.16. The van der Waals surface area contributed by atoms with Crippen LogP contribution in [-0.4, -0.2) is 34.7 Å². The fourth-order valence-electron chi connectivity index (χ4n) is 2.98. The molecule has 156 valence electrons. The number of ether oxygens (including phenoxy) is 1. The van der Waals surface area contributed by atoms with Gasteiger partial charge >= 0.3 is 5.63 Å². The molecule has 0 bridgehead atoms. The van der Waals surface area contributed by atoms with Gasteiger partial charge in [0.05, 0.1) is 12.0 Å². The minimum absolute atomic E-state index is 0.202. The van der Waals surface area contributed by atoms with Crippen molar-refractivity contribution in [3.63, 3.8) is 0 Å². The Labute approximate surface area is 186 Å². The number of thiocarbonyl (C=S) groups is 1. The van der Waals surface area contributed by atoms with Gasteiger partial charge in [-0.3, -0.25) is 14.5 Å². The first kappa shape index (κ1) is 20.8. The van der Waals surface area contributed by atoms with Crippen LogP contribution in [0.4, 0.5) is 5.69 Å². The monoisotopic (exact) mass is 452 g/mol. The number of fused-ring (bicyclic) bond motifs is 1. The second-order valence-electron chi connectivity index (χ2n) is 6.60. The van der Waals surface area contributed by atoms with Crippen molar-refractivity contribution in [3.8, 4) is 5.75 Å². The summed E-state index contributed by atoms with van der Waals surface area (Å²) in [5.74, 6) is 0.0113. The van der Waals surface area contributed by atoms with E-state index in [4.69, 9.17) is 21.4 Å². The molecule has 0 atom stereocenters. The summed E-state index contributed by atoms with van der Waals surface area (Å²) in [5.41, 5.74) is 1.33. The molecular formula is C22H16N2O5S2. The van der Waals surface area contributed by atoms with E-state index in [1.54, 1.807) is 49.6 Å². The first-order valence-corrected chi connectivity index (χ1v) is 10.4. The van der Waals surface area contributed by atoms with Gasteiger partial charge in [-0.2, -0.15) is 0 Å². The highest BCUT2D eigenvalue weighted by Gasteiger charge is 2.33. The number of benzene rings is 2. The maximum absolute atomic E-state index is 12.7. The lowest BCUT2D eigenvalue weighted by molar-refractivity contribution is -0.126. The topological polar surface area (TPSA) is 88.8 Å². The highest BCUT2D eigenvalue weighted by Crippen LogP contribution is 2.32. The lowest BCUT2D eigenvalue weighted by Gasteiger charge is -2.14. The molecule has 3 aromatic rings. The maximum Gasteiger partial charge on any atom is 0.336 e. The molecule has 0 unspecified atom stereocenters. The second-order valence-corrected chi connectivity index (χ2v) is 8.27. The third-order valence-electron chi connectivity index (χ3n) is 4.49. The van der Waals surface area contributed by atoms with Crippen molar-refractivity contribution >= 4 is 62.8 Å². The van der Waals surface area contributed by atoms with Gasteiger partial charge in [-0.15, -0.1) is 0 Å². The molecule has 1 aromatic heterocycles. The van der Waals surface area contributed by atoms with Gasteiger partial charge in [0.25, 0.3) is 5.91 Å². The molecule has 2 heterocycles. The zero-order valence-corrected chi connectivity index (χ0v) is 17.9. The average Bonchev–Trinajstić information content (AvgIpc) is 3.01. The molecule has 7 nitrogen and oxygen atoms in total. The van der Waals surface area contributed by atoms with Crippen LogP contribution in [0.15, 0.2) is 68.7 Å². The number of amides is 2. The summed E-state index contributed by atoms with van der Waals surface area (Å²) < 4.78 is 10.5. The van der Waals surface area contributed by atoms with Gasteiger partial charge in [-0.1, -0.05) is 36.1 Å². The molecule has 2 amide bonds. The Morgan fingerprint density at radius 1 is 1.16 bits per heavy atom. The van der Waals surface area contributed by atoms with Crippen LogP contribution in [0.3, 0.4) is 0 Å². The predicted molar refractivity (Wildman–Crippen MR) is 124 cm³/mol. The fourth-order valence-corrected chi connectivity index (χ4v) is 4.24. The van der Waals surface area contributed by atoms with Gasteiger partial charge in [0.15, 0.2) is 0 Å². The predicted octanol–water partition coefficient (Wildman–Crippen LogP) is 3.64. The van der Waals surface area contributed by atoms with Gasteiger partial charge in [0, 0.05) is 17.1 Å². The van der Waals surface area contributed by atoms with Crippen LogP contribution >= 0.6 is 24.0 Å². The summed E-state index contributed by atoms with van der Waals surface area (Å²) in [6.45, 7) is -0.202. The molecule has 0 radical (unpaired) electrons. The number of hydrogen-bond donors (Lipinski definition) is 1. The Kier molecular flexibility index (Phi) is 5.88. The van der Waals surface area contributed by atoms with Crippen molar-refractivity contribution in [2.24, 2.45) is 0 Å². The van der Waals surface area contributed by atoms with Gasteiger partial charge in [0.1, 0.15) is 22.2 Å². The molecule has 0 spiro atoms. The smallest absolute Gasteiger partial charge is 0.336 e. The number of thioether (sulfide) groups is 1. The third kappa shape index (κ3) is 4.68. The van der Waals surface area contributed by atoms with Crippen LogP contribution in [0.25, 0.3) is 17.0 Å². The Hall–Kier alpha value is -3.43. The Morgan fingerprint density at radius 3 is 2.68 bits per heavy atom. The van der Waals surface area contributed by atoms with Gasteiger partial charge < -0.3 is 14.5 Å². The van der Waals surface area contributed by atoms with Crippen LogP contribution in [0.5, 0.6) is 5.75 Å². The number of hydrogen-bond acceptors (Lipinski definition) is 7. The number of carbonyl (C=O) groups is 2. The molecule has 31 heavy (non-hydrogen) atoms. The van der Waals surface area contributed by atoms with Crippen molar-refractivity contribution in [3.05, 3.63) is 75.5 Å². The molecule has 1 fully saturated rings. The van der Waals surface area contributed by atoms with Gasteiger partial charge in [0.2, 0.25) is 5.91 Å². The number of anilines is 1. The van der Waals surface area contributed by atoms with E-state index in [1.807, 2.05) is 12.1 Å². The Bertz CT molecular complexity index is 1280. The highest BCUT2D eigenvalue weighted by molar-refractivity contribution is 8.26. The minimum atomic E-state index is -0.443. The zero-order chi connectivity index (χ0) is 22.0. The van der Waals surface area contributed by atoms with E-state index in [-0.39, 0.29) is 12.5 Å². The summed E-state index contributed by atoms with van der Waals surface area (Å²) in [5, 5.41) is 3.41. The largest absolute Gasteiger partial charge is 0.497 e. The summed E-state index contributed by atoms with van der Waals surface area (Å²) >= 11 is 6.45. The van der Waals surface area contributed by atoms with Gasteiger partial charge in [-0.05, 0) is 48.0 Å². The SMILES string of the molecule is COc1ccc(/C=C2/SC(=S)N(CC(=O)Nc3ccc4oc(=O)ccc4c3)C2=O)cc1. The van der Waals surface area contributed by atoms with E-state index >= 15 is 0 Å². The lowest BCUT2D eigenvalue weighted by atomic mass is 10.2. The molecule has 1 saturated heterocycles. The maximum atomic E-state index is 12.7. The third-order valence-corrected chi connectivity index (χ3v) is 5.87. The van der Waals surface area contributed by atoms with Crippen LogP contribution in [0.2, 0.25) is 0 Å². The average molecular weight is 453 g/mol. The normalized spacial score (nSPS) is 15.0. The number of rotatable bonds is 5. The van der Waals surface area contributed by atoms with E-state index in [0.29, 0.717) is 25.9 Å². The standard InChI is InChI=1S/C22H16N2O5S2/c1-28-16-6-2-13(3-7-16)10-18-21(27)24(22(30)31-18)12-19(25)23-15-5-8-17-14(11-15)4-9-20(26)29-17/h2-11H,12H2,1H3,(H,23,25)/b18-10+. The fraction of sp³-hybridized carbons (Fsp3) is 0.0909. The van der Waals surface area contributed by atoms with Crippen molar-refractivity contribution in [1.29, 1.82) is 0 Å². The van der Waals surface area contributed by atoms with E-state index < -0.39 is 11.5 Å². The van der Waals surface area contributed by atoms with E-state index in [1.165, 1.54) is 11.0 Å². The molecule has 1 aliphatic rings. The van der Waals surface area contributed by atoms with E-state index in [2.05, 4.69) is 5.32 Å². The van der Waals surface area contributed by atoms with Crippen molar-refractivity contribution in [2.45, 2.75) is 0 Å². The second kappa shape index (κ2) is 8.75. The number of nitrogens with one attached hydrogen (secondary N) is 1. The zero-order valence-electron chi connectivity index (χ0n) is 16.3. The quantitative estimate of drug-likeness (QED) is 0.359. The van der Waals surface area contributed by atoms with Crippen LogP contribution in [-0.2, 0) is 9.59 Å². The molecule has 1 aliphatic heterocycles. The van der Waals surface area contributed by atoms with Crippen molar-refractivity contribution in [2.75, 3.05) is 19.0 Å². The molecule has 1 N–H and O–H groups in total. The lowest BCUT2D eigenvalue weighted by Crippen LogP contribution is -2.36. The molecular weight excluding hydrogens is 436 g/mol. The van der Waals surface area contributed by atoms with Crippen LogP contribution in [0.1, 0.15) is 5.56 Å². The van der Waals surface area contributed by atoms with Crippen LogP contribution < -0.4 is 15.7 Å². The summed E-state index contributed by atoms with van der Waals surface area (Å²) in [4.78, 5) is 38.2. The minimum Gasteiger partial charge on any atom is -0.497 e. The van der Waals surface area contributed by atoms with E-state index in [0.717, 1.165) is 23.1 Å². The Balaban J connectivity index is 1.44. The molecule has 4 rings (SSSR count). The highest BCUT2D eigenvalue weighted by atomic mass is 32.2. The number of nitrogens with zero attached hydrogens (tertiary/aromatic N) is 1. The Morgan fingerprint density at radius 2 is 1.94 bits per heavy atom. The number of carbonyl (C=O) groups excluding carboxylic acids is 2. The molecule has 2 aromatic carbocycles. The molecule has 0 saturated carbocycles. The summed E-state index contributed by atoms with van der Waals surface area (Å²) in [7, 11) is 1.58. The van der Waals surface area contributed by atoms with Crippen molar-refractivity contribution < 1.29 is 18.7 Å². The molecule has 0 aliphatic carbocycles. The summed E-state index contributed by atoms with van der Waals surface area (Å²) in [6, 6.07) is 15.1. The van der Waals surface area contributed by atoms with Crippen LogP contribution in [0, 0.1) is 0 Å². The van der Waals surface area contributed by atoms with Crippen molar-refractivity contribution in [1.82, 2.24) is 4.90 Å². The first-order chi connectivity index (χ1) is 14.9. The number of methoxy groups -OCH3 is 1. The summed E-state index contributed by atoms with van der Waals surface area (Å²) in [6.07, 6.45) is 1.73. The molecule has 9 heteroatoms.